The zero-order chi connectivity index (χ0) is 16.1. The predicted molar refractivity (Wildman–Crippen MR) is 86.6 cm³/mol. The molecule has 0 fully saturated rings. The molecule has 2 aromatic rings. The van der Waals surface area contributed by atoms with Crippen LogP contribution in [-0.2, 0) is 6.42 Å². The van der Waals surface area contributed by atoms with Gasteiger partial charge in [0.15, 0.2) is 23.0 Å². The van der Waals surface area contributed by atoms with E-state index in [0.29, 0.717) is 0 Å². The standard InChI is InChI=1S/C18H22O4/c1-12-8-16(20-3)18(22-5)11-14(12)9-13-6-7-15(19-2)17(10-13)21-4/h6-8,10-11H,9H2,1-5H3. The maximum atomic E-state index is 5.38. The minimum absolute atomic E-state index is 0.732. The van der Waals surface area contributed by atoms with Gasteiger partial charge in [0, 0.05) is 0 Å². The van der Waals surface area contributed by atoms with Gasteiger partial charge < -0.3 is 18.9 Å². The van der Waals surface area contributed by atoms with Crippen LogP contribution in [0.5, 0.6) is 23.0 Å². The Morgan fingerprint density at radius 3 is 1.82 bits per heavy atom. The van der Waals surface area contributed by atoms with Crippen LogP contribution in [0.2, 0.25) is 0 Å². The minimum atomic E-state index is 0.732. The highest BCUT2D eigenvalue weighted by Crippen LogP contribution is 2.33. The summed E-state index contributed by atoms with van der Waals surface area (Å²) in [6.45, 7) is 2.07. The molecule has 0 unspecified atom stereocenters. The molecule has 0 saturated carbocycles. The first-order valence-electron chi connectivity index (χ1n) is 7.05. The average Bonchev–Trinajstić information content (AvgIpc) is 2.56. The molecule has 22 heavy (non-hydrogen) atoms. The monoisotopic (exact) mass is 302 g/mol. The van der Waals surface area contributed by atoms with Crippen molar-refractivity contribution in [3.63, 3.8) is 0 Å². The van der Waals surface area contributed by atoms with Crippen LogP contribution in [0.4, 0.5) is 0 Å². The third kappa shape index (κ3) is 3.27. The summed E-state index contributed by atoms with van der Waals surface area (Å²) in [6.07, 6.45) is 0.784. The Labute approximate surface area is 131 Å². The van der Waals surface area contributed by atoms with Gasteiger partial charge in [-0.25, -0.2) is 0 Å². The van der Waals surface area contributed by atoms with E-state index < -0.39 is 0 Å². The van der Waals surface area contributed by atoms with E-state index >= 15 is 0 Å². The first-order valence-corrected chi connectivity index (χ1v) is 7.05. The Kier molecular flexibility index (Phi) is 5.15. The Morgan fingerprint density at radius 1 is 0.682 bits per heavy atom. The second-order valence-corrected chi connectivity index (χ2v) is 5.00. The van der Waals surface area contributed by atoms with Crippen molar-refractivity contribution in [2.24, 2.45) is 0 Å². The van der Waals surface area contributed by atoms with Crippen LogP contribution in [0.1, 0.15) is 16.7 Å². The SMILES string of the molecule is COc1ccc(Cc2cc(OC)c(OC)cc2C)cc1OC. The predicted octanol–water partition coefficient (Wildman–Crippen LogP) is 3.62. The number of ether oxygens (including phenoxy) is 4. The molecule has 2 aromatic carbocycles. The summed E-state index contributed by atoms with van der Waals surface area (Å²) in [5.74, 6) is 2.95. The van der Waals surface area contributed by atoms with Gasteiger partial charge in [0.25, 0.3) is 0 Å². The number of benzene rings is 2. The van der Waals surface area contributed by atoms with Crippen LogP contribution in [0, 0.1) is 6.92 Å². The lowest BCUT2D eigenvalue weighted by Crippen LogP contribution is -1.98. The Balaban J connectivity index is 2.34. The molecule has 0 bridgehead atoms. The fraction of sp³-hybridized carbons (Fsp3) is 0.333. The summed E-state index contributed by atoms with van der Waals surface area (Å²) in [6, 6.07) is 9.97. The van der Waals surface area contributed by atoms with E-state index in [-0.39, 0.29) is 0 Å². The van der Waals surface area contributed by atoms with E-state index in [2.05, 4.69) is 6.92 Å². The average molecular weight is 302 g/mol. The molecule has 0 aliphatic carbocycles. The molecule has 0 spiro atoms. The second kappa shape index (κ2) is 7.07. The normalized spacial score (nSPS) is 10.2. The van der Waals surface area contributed by atoms with E-state index in [9.17, 15) is 0 Å². The summed E-state index contributed by atoms with van der Waals surface area (Å²) in [7, 11) is 6.57. The summed E-state index contributed by atoms with van der Waals surface area (Å²) in [4.78, 5) is 0. The fourth-order valence-electron chi connectivity index (χ4n) is 2.42. The smallest absolute Gasteiger partial charge is 0.161 e. The van der Waals surface area contributed by atoms with Crippen molar-refractivity contribution in [3.05, 3.63) is 47.0 Å². The second-order valence-electron chi connectivity index (χ2n) is 5.00. The molecule has 2 rings (SSSR count). The highest BCUT2D eigenvalue weighted by atomic mass is 16.5. The summed E-state index contributed by atoms with van der Waals surface area (Å²) >= 11 is 0. The van der Waals surface area contributed by atoms with Crippen molar-refractivity contribution < 1.29 is 18.9 Å². The summed E-state index contributed by atoms with van der Waals surface area (Å²) in [5, 5.41) is 0. The molecular weight excluding hydrogens is 280 g/mol. The highest BCUT2D eigenvalue weighted by Gasteiger charge is 2.11. The van der Waals surface area contributed by atoms with E-state index in [1.54, 1.807) is 28.4 Å². The van der Waals surface area contributed by atoms with Gasteiger partial charge in [-0.1, -0.05) is 6.07 Å². The number of hydrogen-bond donors (Lipinski definition) is 0. The zero-order valence-corrected chi connectivity index (χ0v) is 13.7. The molecule has 0 atom stereocenters. The number of methoxy groups -OCH3 is 4. The van der Waals surface area contributed by atoms with Crippen LogP contribution in [-0.4, -0.2) is 28.4 Å². The molecular formula is C18H22O4. The Morgan fingerprint density at radius 2 is 1.23 bits per heavy atom. The number of hydrogen-bond acceptors (Lipinski definition) is 4. The molecule has 0 aliphatic rings. The molecule has 0 radical (unpaired) electrons. The van der Waals surface area contributed by atoms with Crippen LogP contribution in [0.25, 0.3) is 0 Å². The van der Waals surface area contributed by atoms with Gasteiger partial charge >= 0.3 is 0 Å². The van der Waals surface area contributed by atoms with Gasteiger partial charge in [-0.15, -0.1) is 0 Å². The third-order valence-corrected chi connectivity index (χ3v) is 3.68. The van der Waals surface area contributed by atoms with E-state index in [4.69, 9.17) is 18.9 Å². The van der Waals surface area contributed by atoms with Crippen LogP contribution >= 0.6 is 0 Å². The van der Waals surface area contributed by atoms with E-state index in [1.807, 2.05) is 30.3 Å². The first-order chi connectivity index (χ1) is 10.6. The van der Waals surface area contributed by atoms with Gasteiger partial charge in [-0.2, -0.15) is 0 Å². The van der Waals surface area contributed by atoms with Crippen molar-refractivity contribution in [1.29, 1.82) is 0 Å². The summed E-state index contributed by atoms with van der Waals surface area (Å²) in [5.41, 5.74) is 3.49. The van der Waals surface area contributed by atoms with Crippen molar-refractivity contribution in [2.45, 2.75) is 13.3 Å². The quantitative estimate of drug-likeness (QED) is 0.816. The molecule has 0 aromatic heterocycles. The Bertz CT molecular complexity index is 650. The van der Waals surface area contributed by atoms with Crippen molar-refractivity contribution in [2.75, 3.05) is 28.4 Å². The number of rotatable bonds is 6. The van der Waals surface area contributed by atoms with Crippen molar-refractivity contribution >= 4 is 0 Å². The number of aryl methyl sites for hydroxylation is 1. The molecule has 4 nitrogen and oxygen atoms in total. The lowest BCUT2D eigenvalue weighted by atomic mass is 9.99. The van der Waals surface area contributed by atoms with Crippen molar-refractivity contribution in [3.8, 4) is 23.0 Å². The molecule has 0 amide bonds. The van der Waals surface area contributed by atoms with Crippen LogP contribution in [0.15, 0.2) is 30.3 Å². The molecule has 0 aliphatic heterocycles. The largest absolute Gasteiger partial charge is 0.493 e. The van der Waals surface area contributed by atoms with E-state index in [1.165, 1.54) is 5.56 Å². The lowest BCUT2D eigenvalue weighted by Gasteiger charge is -2.14. The van der Waals surface area contributed by atoms with Crippen LogP contribution < -0.4 is 18.9 Å². The highest BCUT2D eigenvalue weighted by molar-refractivity contribution is 5.50. The fourth-order valence-corrected chi connectivity index (χ4v) is 2.42. The van der Waals surface area contributed by atoms with Gasteiger partial charge in [-0.05, 0) is 54.3 Å². The first kappa shape index (κ1) is 16.0. The molecule has 0 N–H and O–H groups in total. The van der Waals surface area contributed by atoms with Crippen molar-refractivity contribution in [1.82, 2.24) is 0 Å². The maximum absolute atomic E-state index is 5.38. The maximum Gasteiger partial charge on any atom is 0.161 e. The topological polar surface area (TPSA) is 36.9 Å². The van der Waals surface area contributed by atoms with Gasteiger partial charge in [-0.3, -0.25) is 0 Å². The van der Waals surface area contributed by atoms with Gasteiger partial charge in [0.1, 0.15) is 0 Å². The molecule has 0 heterocycles. The molecule has 0 saturated heterocycles. The van der Waals surface area contributed by atoms with Crippen LogP contribution in [0.3, 0.4) is 0 Å². The minimum Gasteiger partial charge on any atom is -0.493 e. The van der Waals surface area contributed by atoms with Gasteiger partial charge in [0.2, 0.25) is 0 Å². The summed E-state index contributed by atoms with van der Waals surface area (Å²) < 4.78 is 21.3. The molecule has 4 heteroatoms. The molecule has 118 valence electrons. The Hall–Kier alpha value is -2.36. The zero-order valence-electron chi connectivity index (χ0n) is 13.7. The lowest BCUT2D eigenvalue weighted by molar-refractivity contribution is 0.354. The van der Waals surface area contributed by atoms with E-state index in [0.717, 1.165) is 40.5 Å². The third-order valence-electron chi connectivity index (χ3n) is 3.68. The van der Waals surface area contributed by atoms with Gasteiger partial charge in [0.05, 0.1) is 28.4 Å².